The van der Waals surface area contributed by atoms with E-state index in [9.17, 15) is 14.0 Å². The quantitative estimate of drug-likeness (QED) is 0.797. The molecule has 1 unspecified atom stereocenters. The van der Waals surface area contributed by atoms with Gasteiger partial charge in [-0.1, -0.05) is 0 Å². The van der Waals surface area contributed by atoms with Crippen LogP contribution in [-0.4, -0.2) is 24.0 Å². The number of ether oxygens (including phenoxy) is 2. The Morgan fingerprint density at radius 3 is 2.71 bits per heavy atom. The van der Waals surface area contributed by atoms with E-state index in [1.807, 2.05) is 0 Å². The minimum atomic E-state index is -0.462. The summed E-state index contributed by atoms with van der Waals surface area (Å²) >= 11 is 0. The fraction of sp³-hybridized carbons (Fsp3) is 0.381. The number of benzene rings is 1. The van der Waals surface area contributed by atoms with Gasteiger partial charge in [0.25, 0.3) is 0 Å². The van der Waals surface area contributed by atoms with Gasteiger partial charge in [-0.2, -0.15) is 0 Å². The van der Waals surface area contributed by atoms with Crippen LogP contribution in [0.25, 0.3) is 0 Å². The first kappa shape index (κ1) is 18.4. The Hall–Kier alpha value is -2.96. The fourth-order valence-corrected chi connectivity index (χ4v) is 3.45. The normalized spacial score (nSPS) is 18.1. The van der Waals surface area contributed by atoms with Crippen molar-refractivity contribution in [3.63, 3.8) is 0 Å². The number of nitrogens with one attached hydrogen (secondary N) is 1. The standard InChI is InChI=1S/C21H21FN2O4/c1-27-21(26)14-5-4-13-9-17(22)18(10-15(13)8-14)28-16-6-7-23-19(11-16)24-20(25)12-2-3-12/h6-7,9-12,14H,2-5,8H2,1H3,(H,23,24,25). The van der Waals surface area contributed by atoms with Crippen LogP contribution in [0, 0.1) is 17.7 Å². The highest BCUT2D eigenvalue weighted by Gasteiger charge is 2.30. The highest BCUT2D eigenvalue weighted by atomic mass is 19.1. The van der Waals surface area contributed by atoms with Crippen molar-refractivity contribution < 1.29 is 23.5 Å². The van der Waals surface area contributed by atoms with Crippen molar-refractivity contribution in [2.24, 2.45) is 11.8 Å². The summed E-state index contributed by atoms with van der Waals surface area (Å²) in [7, 11) is 1.38. The molecule has 2 aromatic rings. The van der Waals surface area contributed by atoms with Gasteiger partial charge in [-0.05, 0) is 61.4 Å². The van der Waals surface area contributed by atoms with Crippen molar-refractivity contribution in [3.05, 3.63) is 47.4 Å². The Morgan fingerprint density at radius 2 is 1.96 bits per heavy atom. The van der Waals surface area contributed by atoms with Gasteiger partial charge in [0.05, 0.1) is 13.0 Å². The van der Waals surface area contributed by atoms with Crippen LogP contribution in [0.1, 0.15) is 30.4 Å². The van der Waals surface area contributed by atoms with E-state index in [0.717, 1.165) is 24.0 Å². The summed E-state index contributed by atoms with van der Waals surface area (Å²) in [5.41, 5.74) is 1.77. The lowest BCUT2D eigenvalue weighted by Gasteiger charge is -2.23. The maximum Gasteiger partial charge on any atom is 0.309 e. The van der Waals surface area contributed by atoms with Crippen LogP contribution in [0.15, 0.2) is 30.5 Å². The third-order valence-electron chi connectivity index (χ3n) is 5.18. The predicted molar refractivity (Wildman–Crippen MR) is 99.6 cm³/mol. The maximum atomic E-state index is 14.5. The second kappa shape index (κ2) is 7.58. The summed E-state index contributed by atoms with van der Waals surface area (Å²) in [6, 6.07) is 6.27. The number of halogens is 1. The number of amides is 1. The van der Waals surface area contributed by atoms with Gasteiger partial charge in [-0.15, -0.1) is 0 Å². The van der Waals surface area contributed by atoms with E-state index < -0.39 is 5.82 Å². The van der Waals surface area contributed by atoms with Gasteiger partial charge in [0.1, 0.15) is 11.6 Å². The van der Waals surface area contributed by atoms with Gasteiger partial charge in [-0.25, -0.2) is 9.37 Å². The topological polar surface area (TPSA) is 77.5 Å². The number of aromatic nitrogens is 1. The molecule has 1 aromatic heterocycles. The molecule has 2 aliphatic rings. The molecule has 7 heteroatoms. The number of aryl methyl sites for hydroxylation is 1. The first-order valence-corrected chi connectivity index (χ1v) is 9.37. The number of carbonyl (C=O) groups is 2. The van der Waals surface area contributed by atoms with E-state index in [-0.39, 0.29) is 29.5 Å². The lowest BCUT2D eigenvalue weighted by molar-refractivity contribution is -0.145. The molecule has 1 amide bonds. The van der Waals surface area contributed by atoms with E-state index in [0.29, 0.717) is 30.8 Å². The molecule has 1 saturated carbocycles. The summed E-state index contributed by atoms with van der Waals surface area (Å²) < 4.78 is 25.1. The van der Waals surface area contributed by atoms with Crippen LogP contribution in [-0.2, 0) is 27.2 Å². The Kier molecular flexibility index (Phi) is 4.98. The van der Waals surface area contributed by atoms with E-state index in [1.54, 1.807) is 18.2 Å². The molecule has 6 nitrogen and oxygen atoms in total. The first-order valence-electron chi connectivity index (χ1n) is 9.37. The molecule has 0 aliphatic heterocycles. The molecule has 1 fully saturated rings. The number of rotatable bonds is 5. The van der Waals surface area contributed by atoms with Crippen molar-refractivity contribution in [2.75, 3.05) is 12.4 Å². The third-order valence-corrected chi connectivity index (χ3v) is 5.18. The average Bonchev–Trinajstić information content (AvgIpc) is 3.53. The van der Waals surface area contributed by atoms with Crippen LogP contribution in [0.4, 0.5) is 10.2 Å². The molecule has 0 radical (unpaired) electrons. The number of nitrogens with zero attached hydrogens (tertiary/aromatic N) is 1. The van der Waals surface area contributed by atoms with Gasteiger partial charge in [0.2, 0.25) is 5.91 Å². The monoisotopic (exact) mass is 384 g/mol. The van der Waals surface area contributed by atoms with Crippen molar-refractivity contribution >= 4 is 17.7 Å². The molecule has 2 aliphatic carbocycles. The molecule has 0 bridgehead atoms. The maximum absolute atomic E-state index is 14.5. The number of methoxy groups -OCH3 is 1. The molecule has 4 rings (SSSR count). The van der Waals surface area contributed by atoms with Crippen LogP contribution < -0.4 is 10.1 Å². The number of carbonyl (C=O) groups excluding carboxylic acids is 2. The molecule has 1 aromatic carbocycles. The third kappa shape index (κ3) is 3.98. The van der Waals surface area contributed by atoms with Gasteiger partial charge < -0.3 is 14.8 Å². The molecule has 146 valence electrons. The lowest BCUT2D eigenvalue weighted by Crippen LogP contribution is -2.23. The minimum Gasteiger partial charge on any atom is -0.469 e. The van der Waals surface area contributed by atoms with Crippen LogP contribution in [0.5, 0.6) is 11.5 Å². The molecular weight excluding hydrogens is 363 g/mol. The predicted octanol–water partition coefficient (Wildman–Crippen LogP) is 3.64. The second-order valence-corrected chi connectivity index (χ2v) is 7.26. The smallest absolute Gasteiger partial charge is 0.309 e. The number of hydrogen-bond donors (Lipinski definition) is 1. The van der Waals surface area contributed by atoms with Gasteiger partial charge in [0.15, 0.2) is 11.6 Å². The van der Waals surface area contributed by atoms with Crippen LogP contribution in [0.2, 0.25) is 0 Å². The Balaban J connectivity index is 1.52. The van der Waals surface area contributed by atoms with E-state index >= 15 is 0 Å². The minimum absolute atomic E-state index is 0.0570. The SMILES string of the molecule is COC(=O)C1CCc2cc(F)c(Oc3ccnc(NC(=O)C4CC4)c3)cc2C1. The molecule has 0 saturated heterocycles. The molecule has 1 atom stereocenters. The van der Waals surface area contributed by atoms with E-state index in [1.165, 1.54) is 19.4 Å². The highest BCUT2D eigenvalue weighted by Crippen LogP contribution is 2.34. The van der Waals surface area contributed by atoms with Crippen LogP contribution in [0.3, 0.4) is 0 Å². The summed E-state index contributed by atoms with van der Waals surface area (Å²) in [5, 5.41) is 2.74. The molecule has 0 spiro atoms. The van der Waals surface area contributed by atoms with Gasteiger partial charge in [-0.3, -0.25) is 9.59 Å². The Morgan fingerprint density at radius 1 is 1.14 bits per heavy atom. The van der Waals surface area contributed by atoms with Crippen molar-refractivity contribution in [1.82, 2.24) is 4.98 Å². The molecular formula is C21H21FN2O4. The van der Waals surface area contributed by atoms with Gasteiger partial charge in [0, 0.05) is 18.2 Å². The molecule has 28 heavy (non-hydrogen) atoms. The largest absolute Gasteiger partial charge is 0.469 e. The number of fused-ring (bicyclic) bond motifs is 1. The Bertz CT molecular complexity index is 927. The summed E-state index contributed by atoms with van der Waals surface area (Å²) in [4.78, 5) is 27.8. The number of pyridine rings is 1. The van der Waals surface area contributed by atoms with E-state index in [4.69, 9.17) is 9.47 Å². The Labute approximate surface area is 162 Å². The lowest BCUT2D eigenvalue weighted by atomic mass is 9.84. The van der Waals surface area contributed by atoms with Crippen molar-refractivity contribution in [1.29, 1.82) is 0 Å². The summed E-state index contributed by atoms with van der Waals surface area (Å²) in [5.74, 6) is -0.0985. The van der Waals surface area contributed by atoms with Crippen molar-refractivity contribution in [2.45, 2.75) is 32.1 Å². The zero-order valence-corrected chi connectivity index (χ0v) is 15.5. The van der Waals surface area contributed by atoms with Crippen molar-refractivity contribution in [3.8, 4) is 11.5 Å². The molecule has 1 N–H and O–H groups in total. The zero-order chi connectivity index (χ0) is 19.7. The highest BCUT2D eigenvalue weighted by molar-refractivity contribution is 5.93. The summed E-state index contributed by atoms with van der Waals surface area (Å²) in [6.45, 7) is 0. The first-order chi connectivity index (χ1) is 13.5. The summed E-state index contributed by atoms with van der Waals surface area (Å²) in [6.07, 6.45) is 5.07. The number of hydrogen-bond acceptors (Lipinski definition) is 5. The number of anilines is 1. The van der Waals surface area contributed by atoms with E-state index in [2.05, 4.69) is 10.3 Å². The van der Waals surface area contributed by atoms with Gasteiger partial charge >= 0.3 is 5.97 Å². The average molecular weight is 384 g/mol. The molecule has 1 heterocycles. The fourth-order valence-electron chi connectivity index (χ4n) is 3.45. The zero-order valence-electron chi connectivity index (χ0n) is 15.5. The van der Waals surface area contributed by atoms with Crippen LogP contribution >= 0.6 is 0 Å². The second-order valence-electron chi connectivity index (χ2n) is 7.26. The number of esters is 1.